The van der Waals surface area contributed by atoms with E-state index < -0.39 is 64.4 Å². The van der Waals surface area contributed by atoms with Gasteiger partial charge in [0.05, 0.1) is 23.2 Å². The molecule has 2 unspecified atom stereocenters. The molecule has 46 heavy (non-hydrogen) atoms. The van der Waals surface area contributed by atoms with Gasteiger partial charge in [0, 0.05) is 32.2 Å². The van der Waals surface area contributed by atoms with Gasteiger partial charge in [0.1, 0.15) is 5.75 Å². The summed E-state index contributed by atoms with van der Waals surface area (Å²) >= 11 is 0. The maximum atomic E-state index is 14.3. The van der Waals surface area contributed by atoms with Crippen LogP contribution in [0, 0.1) is 29.1 Å². The molecule has 0 radical (unpaired) electrons. The van der Waals surface area contributed by atoms with Gasteiger partial charge in [-0.15, -0.1) is 0 Å². The molecule has 0 saturated heterocycles. The Bertz CT molecular complexity index is 1640. The molecule has 2 saturated carbocycles. The van der Waals surface area contributed by atoms with Crippen LogP contribution in [0.2, 0.25) is 0 Å². The summed E-state index contributed by atoms with van der Waals surface area (Å²) in [5.41, 5.74) is 6.39. The van der Waals surface area contributed by atoms with Gasteiger partial charge in [-0.2, -0.15) is 0 Å². The molecule has 6 atom stereocenters. The average molecular weight is 633 g/mol. The van der Waals surface area contributed by atoms with Crippen molar-refractivity contribution in [1.29, 1.82) is 0 Å². The van der Waals surface area contributed by atoms with E-state index in [-0.39, 0.29) is 29.6 Å². The summed E-state index contributed by atoms with van der Waals surface area (Å²) in [6.45, 7) is 6.85. The Labute approximate surface area is 269 Å². The van der Waals surface area contributed by atoms with Gasteiger partial charge in [-0.1, -0.05) is 45.0 Å². The number of carbonyl (C=O) groups is 5. The van der Waals surface area contributed by atoms with E-state index in [1.807, 2.05) is 37.2 Å². The van der Waals surface area contributed by atoms with Gasteiger partial charge < -0.3 is 26.2 Å². The van der Waals surface area contributed by atoms with Gasteiger partial charge in [-0.05, 0) is 67.4 Å². The highest BCUT2D eigenvalue weighted by Crippen LogP contribution is 2.52. The fourth-order valence-corrected chi connectivity index (χ4v) is 7.85. The minimum atomic E-state index is -2.76. The summed E-state index contributed by atoms with van der Waals surface area (Å²) in [5, 5.41) is 26.7. The number of benzene rings is 2. The van der Waals surface area contributed by atoms with Gasteiger partial charge in [0.25, 0.3) is 0 Å². The van der Waals surface area contributed by atoms with Gasteiger partial charge in [-0.25, -0.2) is 0 Å². The predicted octanol–water partition coefficient (Wildman–Crippen LogP) is 2.13. The molecule has 0 aromatic heterocycles. The molecule has 2 aromatic rings. The van der Waals surface area contributed by atoms with E-state index in [0.29, 0.717) is 23.5 Å². The third kappa shape index (κ3) is 5.29. The van der Waals surface area contributed by atoms with Crippen LogP contribution < -0.4 is 16.0 Å². The predicted molar refractivity (Wildman–Crippen MR) is 173 cm³/mol. The number of nitrogens with two attached hydrogens (primary N) is 1. The lowest BCUT2D eigenvalue weighted by atomic mass is 9.52. The standard InChI is InChI=1S/C35H44N4O7/c1-34(2,3)15-17-10-8-9-11-18(17)16-37-22-14-23(38(4)5)20-12-19-13-21-27(39(6)7)30(42)26(33(36)45)32(44)35(21,46)31(43)24(19)29(41)25(20)28(22)40/h8-11,14,19,21,24,26-27,37,40,46H,12-13,15-16H2,1-7H3,(H2,36,45)/t19-,21-,24?,26?,27-,35-/m1/s1. The summed E-state index contributed by atoms with van der Waals surface area (Å²) in [4.78, 5) is 70.9. The number of aliphatic hydroxyl groups is 1. The van der Waals surface area contributed by atoms with Crippen LogP contribution in [0.1, 0.15) is 54.2 Å². The van der Waals surface area contributed by atoms with Crippen LogP contribution in [0.15, 0.2) is 30.3 Å². The number of likely N-dealkylation sites (N-methyl/N-ethyl adjacent to an activating group) is 1. The van der Waals surface area contributed by atoms with Crippen LogP contribution >= 0.6 is 0 Å². The summed E-state index contributed by atoms with van der Waals surface area (Å²) in [5.74, 6) is -10.7. The number of fused-ring (bicyclic) bond motifs is 3. The van der Waals surface area contributed by atoms with Gasteiger partial charge in [0.2, 0.25) is 5.91 Å². The van der Waals surface area contributed by atoms with Crippen molar-refractivity contribution < 1.29 is 34.2 Å². The van der Waals surface area contributed by atoms with Crippen molar-refractivity contribution in [3.8, 4) is 5.75 Å². The van der Waals surface area contributed by atoms with Crippen molar-refractivity contribution in [1.82, 2.24) is 4.90 Å². The van der Waals surface area contributed by atoms with Gasteiger partial charge in [-0.3, -0.25) is 28.9 Å². The fourth-order valence-electron chi connectivity index (χ4n) is 7.85. The smallest absolute Gasteiger partial charge is 0.235 e. The van der Waals surface area contributed by atoms with Crippen LogP contribution in [0.4, 0.5) is 11.4 Å². The van der Waals surface area contributed by atoms with E-state index in [2.05, 4.69) is 32.2 Å². The van der Waals surface area contributed by atoms with Gasteiger partial charge in [0.15, 0.2) is 34.7 Å². The van der Waals surface area contributed by atoms with E-state index in [4.69, 9.17) is 5.73 Å². The van der Waals surface area contributed by atoms with Crippen LogP contribution in [0.25, 0.3) is 0 Å². The number of ketones is 4. The summed E-state index contributed by atoms with van der Waals surface area (Å²) in [7, 11) is 6.77. The number of nitrogens with one attached hydrogen (secondary N) is 1. The molecule has 11 nitrogen and oxygen atoms in total. The molecule has 3 aliphatic rings. The molecular weight excluding hydrogens is 588 g/mol. The molecule has 1 amide bonds. The number of amides is 1. The average Bonchev–Trinajstić information content (AvgIpc) is 2.94. The Balaban J connectivity index is 1.57. The lowest BCUT2D eigenvalue weighted by molar-refractivity contribution is -0.181. The number of Topliss-reactive ketones (excluding diaryl/α,β-unsaturated/α-hetero) is 4. The molecule has 3 aliphatic carbocycles. The normalized spacial score (nSPS) is 27.6. The van der Waals surface area contributed by atoms with E-state index in [1.54, 1.807) is 20.2 Å². The highest BCUT2D eigenvalue weighted by atomic mass is 16.3. The van der Waals surface area contributed by atoms with Crippen molar-refractivity contribution in [2.75, 3.05) is 38.4 Å². The fraction of sp³-hybridized carbons (Fsp3) is 0.514. The zero-order valence-corrected chi connectivity index (χ0v) is 27.5. The maximum absolute atomic E-state index is 14.3. The zero-order chi connectivity index (χ0) is 34.0. The highest BCUT2D eigenvalue weighted by Gasteiger charge is 2.69. The number of hydrogen-bond donors (Lipinski definition) is 4. The molecule has 246 valence electrons. The summed E-state index contributed by atoms with van der Waals surface area (Å²) in [6.07, 6.45) is 1.04. The van der Waals surface area contributed by atoms with Crippen molar-refractivity contribution in [3.63, 3.8) is 0 Å². The van der Waals surface area contributed by atoms with Crippen LogP contribution in [-0.4, -0.2) is 84.0 Å². The Morgan fingerprint density at radius 3 is 2.24 bits per heavy atom. The van der Waals surface area contributed by atoms with E-state index >= 15 is 0 Å². The number of phenols is 1. The molecule has 0 bridgehead atoms. The molecule has 0 spiro atoms. The summed E-state index contributed by atoms with van der Waals surface area (Å²) in [6, 6.07) is 8.65. The van der Waals surface area contributed by atoms with Crippen LogP contribution in [0.3, 0.4) is 0 Å². The van der Waals surface area contributed by atoms with Crippen molar-refractivity contribution in [3.05, 3.63) is 52.6 Å². The number of primary amides is 1. The Hall–Kier alpha value is -4.09. The van der Waals surface area contributed by atoms with Crippen LogP contribution in [-0.2, 0) is 38.6 Å². The first-order valence-electron chi connectivity index (χ1n) is 15.6. The second kappa shape index (κ2) is 11.6. The molecule has 0 aliphatic heterocycles. The quantitative estimate of drug-likeness (QED) is 0.262. The number of phenolic OH excluding ortho intramolecular Hbond substituents is 1. The van der Waals surface area contributed by atoms with E-state index in [0.717, 1.165) is 17.5 Å². The Morgan fingerprint density at radius 1 is 1.04 bits per heavy atom. The van der Waals surface area contributed by atoms with Crippen LogP contribution in [0.5, 0.6) is 5.75 Å². The van der Waals surface area contributed by atoms with E-state index in [9.17, 15) is 34.2 Å². The van der Waals surface area contributed by atoms with Crippen molar-refractivity contribution in [2.45, 2.75) is 58.2 Å². The monoisotopic (exact) mass is 632 g/mol. The SMILES string of the molecule is CN(C)c1cc(NCc2ccccc2CC(C)(C)C)c(O)c2c1C[C@@H]1C[C@@H]3[C@@H](N(C)C)C(=O)C(C(N)=O)C(=O)[C@]3(O)C(=O)C1C2=O. The maximum Gasteiger partial charge on any atom is 0.235 e. The molecule has 0 heterocycles. The molecule has 11 heteroatoms. The number of rotatable bonds is 7. The molecule has 5 N–H and O–H groups in total. The third-order valence-corrected chi connectivity index (χ3v) is 9.83. The first-order chi connectivity index (χ1) is 21.4. The molecule has 5 rings (SSSR count). The minimum Gasteiger partial charge on any atom is -0.505 e. The van der Waals surface area contributed by atoms with Crippen molar-refractivity contribution >= 4 is 40.4 Å². The second-order valence-electron chi connectivity index (χ2n) is 14.7. The van der Waals surface area contributed by atoms with Gasteiger partial charge >= 0.3 is 0 Å². The van der Waals surface area contributed by atoms with Crippen molar-refractivity contribution in [2.24, 2.45) is 34.8 Å². The topological polar surface area (TPSA) is 170 Å². The number of aromatic hydroxyl groups is 1. The Kier molecular flexibility index (Phi) is 8.40. The number of anilines is 2. The van der Waals surface area contributed by atoms with E-state index in [1.165, 1.54) is 4.90 Å². The first kappa shape index (κ1) is 33.3. The minimum absolute atomic E-state index is 0.00207. The lowest BCUT2D eigenvalue weighted by Gasteiger charge is -2.52. The number of hydrogen-bond acceptors (Lipinski definition) is 10. The largest absolute Gasteiger partial charge is 0.505 e. The third-order valence-electron chi connectivity index (χ3n) is 9.83. The zero-order valence-electron chi connectivity index (χ0n) is 27.5. The first-order valence-corrected chi connectivity index (χ1v) is 15.6. The number of nitrogens with zero attached hydrogens (tertiary/aromatic N) is 2. The highest BCUT2D eigenvalue weighted by molar-refractivity contribution is 6.32. The molecular formula is C35H44N4O7. The number of carbonyl (C=O) groups excluding carboxylic acids is 5. The summed E-state index contributed by atoms with van der Waals surface area (Å²) < 4.78 is 0. The lowest BCUT2D eigenvalue weighted by Crippen LogP contribution is -2.74. The second-order valence-corrected chi connectivity index (χ2v) is 14.7. The molecule has 2 aromatic carbocycles. The molecule has 2 fully saturated rings. The Morgan fingerprint density at radius 2 is 1.67 bits per heavy atom.